The van der Waals surface area contributed by atoms with Gasteiger partial charge in [-0.1, -0.05) is 62.3 Å². The van der Waals surface area contributed by atoms with E-state index in [9.17, 15) is 71.1 Å². The number of rotatable bonds is 17. The van der Waals surface area contributed by atoms with E-state index in [-0.39, 0.29) is 158 Å². The standard InChI is InChI=1S/2C25H36F2N4O4S.C23H31F2N3O5S/c2*1-5-28-22(32)21-16-30(12-13-35-21)36(33,34)18-6-7-20-19(14-18)29-23(24(2,3)4)31(20)15-17-8-10-25(26,27)11-9-17;1-22(2,3)21-26-17-12-16(34(31,32)27-10-11-33-19(14-27)20(29)30)4-5-18(17)28(21)13-15-6-8-23(24,25)9-7-15/h2*6-7,14,17,21H,5,8-13,15-16H2,1-4H3,(H,28,32);4-5,12,15,19H,6-11,13-14H2,1-3H3,(H,29,30)/t2*21-;/m10./s1. The molecule has 3 aromatic carbocycles. The Labute approximate surface area is 617 Å². The molecule has 1 unspecified atom stereocenters. The number of alkyl halides is 6. The van der Waals surface area contributed by atoms with Gasteiger partial charge in [0, 0.05) is 120 Å². The summed E-state index contributed by atoms with van der Waals surface area (Å²) in [6.07, 6.45) is -0.887. The fourth-order valence-electron chi connectivity index (χ4n) is 14.7. The average molecular weight is 1550 g/mol. The first-order valence-electron chi connectivity index (χ1n) is 36.7. The summed E-state index contributed by atoms with van der Waals surface area (Å²) in [7, 11) is -11.7. The molecule has 3 atom stereocenters. The summed E-state index contributed by atoms with van der Waals surface area (Å²) in [6, 6.07) is 14.5. The normalized spacial score (nSPS) is 22.3. The van der Waals surface area contributed by atoms with Gasteiger partial charge >= 0.3 is 5.97 Å². The number of likely N-dealkylation sites (N-methyl/N-ethyl adjacent to an activating group) is 2. The number of halogens is 6. The molecule has 24 nitrogen and oxygen atoms in total. The van der Waals surface area contributed by atoms with E-state index in [1.54, 1.807) is 56.3 Å². The number of hydrogen-bond acceptors (Lipinski definition) is 15. The number of carboxylic acids is 1. The topological polar surface area (TPSA) is 289 Å². The molecule has 0 radical (unpaired) electrons. The van der Waals surface area contributed by atoms with E-state index in [2.05, 4.69) is 19.8 Å². The van der Waals surface area contributed by atoms with Crippen molar-refractivity contribution in [2.45, 2.75) is 240 Å². The molecule has 6 fully saturated rings. The number of fused-ring (bicyclic) bond motifs is 3. The fourth-order valence-corrected chi connectivity index (χ4v) is 19.1. The highest BCUT2D eigenvalue weighted by atomic mass is 32.2. The van der Waals surface area contributed by atoms with Crippen LogP contribution in [-0.2, 0) is 94.5 Å². The summed E-state index contributed by atoms with van der Waals surface area (Å²) in [5.41, 5.74) is 2.97. The van der Waals surface area contributed by atoms with Crippen LogP contribution in [-0.4, -0.2) is 198 Å². The Kier molecular flexibility index (Phi) is 24.8. The number of nitrogens with zero attached hydrogens (tertiary/aromatic N) is 9. The number of carbonyl (C=O) groups excluding carboxylic acids is 2. The minimum atomic E-state index is -3.94. The Balaban J connectivity index is 0.000000170. The molecule has 2 amide bonds. The van der Waals surface area contributed by atoms with Crippen LogP contribution in [0.15, 0.2) is 69.3 Å². The molecule has 0 spiro atoms. The number of sulfonamides is 3. The zero-order chi connectivity index (χ0) is 77.5. The van der Waals surface area contributed by atoms with Crippen LogP contribution < -0.4 is 10.6 Å². The lowest BCUT2D eigenvalue weighted by molar-refractivity contribution is -0.153. The number of amides is 2. The van der Waals surface area contributed by atoms with Gasteiger partial charge in [0.15, 0.2) is 6.10 Å². The van der Waals surface area contributed by atoms with Crippen LogP contribution in [0.3, 0.4) is 0 Å². The molecule has 3 aromatic heterocycles. The number of hydrogen-bond donors (Lipinski definition) is 3. The minimum absolute atomic E-state index is 0.00166. The molecule has 3 saturated heterocycles. The Morgan fingerprint density at radius 3 is 0.953 bits per heavy atom. The molecule has 0 bridgehead atoms. The largest absolute Gasteiger partial charge is 0.479 e. The molecule has 12 rings (SSSR count). The maximum atomic E-state index is 13.7. The Bertz CT molecular complexity index is 4310. The maximum Gasteiger partial charge on any atom is 0.334 e. The molecule has 106 heavy (non-hydrogen) atoms. The van der Waals surface area contributed by atoms with Crippen molar-refractivity contribution in [2.75, 3.05) is 72.2 Å². The number of aliphatic carboxylic acids is 1. The molecule has 588 valence electrons. The lowest BCUT2D eigenvalue weighted by atomic mass is 9.86. The summed E-state index contributed by atoms with van der Waals surface area (Å²) < 4.78 is 188. The second kappa shape index (κ2) is 31.9. The number of ether oxygens (including phenoxy) is 3. The van der Waals surface area contributed by atoms with Gasteiger partial charge in [0.25, 0.3) is 11.8 Å². The van der Waals surface area contributed by atoms with Crippen LogP contribution >= 0.6 is 0 Å². The van der Waals surface area contributed by atoms with E-state index in [0.717, 1.165) is 38.3 Å². The molecule has 3 aliphatic heterocycles. The molecule has 6 aromatic rings. The summed E-state index contributed by atoms with van der Waals surface area (Å²) in [6.45, 7) is 24.7. The maximum absolute atomic E-state index is 13.7. The lowest BCUT2D eigenvalue weighted by Crippen LogP contribution is -2.51. The summed E-state index contributed by atoms with van der Waals surface area (Å²) in [5, 5.41) is 14.6. The van der Waals surface area contributed by atoms with Gasteiger partial charge in [-0.15, -0.1) is 0 Å². The fraction of sp³-hybridized carbons (Fsp3) is 0.671. The van der Waals surface area contributed by atoms with E-state index in [4.69, 9.17) is 29.2 Å². The molecular weight excluding hydrogens is 1450 g/mol. The predicted molar refractivity (Wildman–Crippen MR) is 387 cm³/mol. The van der Waals surface area contributed by atoms with Gasteiger partial charge in [0.05, 0.1) is 74.2 Å². The smallest absolute Gasteiger partial charge is 0.334 e. The molecule has 3 aliphatic carbocycles. The monoisotopic (exact) mass is 1550 g/mol. The summed E-state index contributed by atoms with van der Waals surface area (Å²) in [5.74, 6) is -6.93. The zero-order valence-corrected chi connectivity index (χ0v) is 64.9. The SMILES string of the molecule is CC(C)(C)c1nc2cc(S(=O)(=O)N3CCOC(C(=O)O)C3)ccc2n1CC1CCC(F)(F)CC1.CCNC(=O)[C@@H]1CN(S(=O)(=O)c2ccc3c(c2)nc(C(C)(C)C)n3CC2CCC(F)(F)CC2)CCO1.CCNC(=O)[C@H]1CN(S(=O)(=O)c2ccc3c(c2)nc(C(C)(C)C)n3CC2CCC(F)(F)CC2)CCO1. The quantitative estimate of drug-likeness (QED) is 0.0715. The highest BCUT2D eigenvalue weighted by molar-refractivity contribution is 7.89. The molecular formula is C73H103F6N11O13S3. The molecule has 6 aliphatic rings. The minimum Gasteiger partial charge on any atom is -0.479 e. The third kappa shape index (κ3) is 19.1. The van der Waals surface area contributed by atoms with Crippen molar-refractivity contribution >= 4 is 81.0 Å². The number of aromatic nitrogens is 6. The first-order chi connectivity index (χ1) is 49.4. The van der Waals surface area contributed by atoms with Crippen LogP contribution in [0.5, 0.6) is 0 Å². The van der Waals surface area contributed by atoms with Crippen molar-refractivity contribution in [3.05, 3.63) is 72.1 Å². The van der Waals surface area contributed by atoms with Crippen molar-refractivity contribution in [3.8, 4) is 0 Å². The molecule has 3 N–H and O–H groups in total. The van der Waals surface area contributed by atoms with E-state index < -0.39 is 72.1 Å². The van der Waals surface area contributed by atoms with Crippen LogP contribution in [0.4, 0.5) is 26.3 Å². The van der Waals surface area contributed by atoms with Gasteiger partial charge < -0.3 is 43.7 Å². The second-order valence-electron chi connectivity index (χ2n) is 32.0. The Hall–Kier alpha value is -6.33. The Morgan fingerprint density at radius 1 is 0.453 bits per heavy atom. The third-order valence-corrected chi connectivity index (χ3v) is 26.2. The number of imidazole rings is 3. The molecule has 3 saturated carbocycles. The van der Waals surface area contributed by atoms with Crippen LogP contribution in [0.2, 0.25) is 0 Å². The van der Waals surface area contributed by atoms with Gasteiger partial charge in [-0.2, -0.15) is 12.9 Å². The first kappa shape index (κ1) is 82.2. The van der Waals surface area contributed by atoms with Crippen molar-refractivity contribution < 1.29 is 85.3 Å². The van der Waals surface area contributed by atoms with E-state index in [1.807, 2.05) is 66.9 Å². The van der Waals surface area contributed by atoms with Crippen molar-refractivity contribution in [2.24, 2.45) is 17.8 Å². The van der Waals surface area contributed by atoms with Crippen LogP contribution in [0, 0.1) is 17.8 Å². The highest BCUT2D eigenvalue weighted by Crippen LogP contribution is 2.43. The summed E-state index contributed by atoms with van der Waals surface area (Å²) >= 11 is 0. The second-order valence-corrected chi connectivity index (χ2v) is 37.8. The number of carbonyl (C=O) groups is 3. The number of morpholine rings is 3. The lowest BCUT2D eigenvalue weighted by Gasteiger charge is -2.31. The molecule has 6 heterocycles. The van der Waals surface area contributed by atoms with Gasteiger partial charge in [0.2, 0.25) is 47.8 Å². The van der Waals surface area contributed by atoms with Gasteiger partial charge in [0.1, 0.15) is 29.7 Å². The van der Waals surface area contributed by atoms with Crippen LogP contribution in [0.25, 0.3) is 33.1 Å². The van der Waals surface area contributed by atoms with Crippen molar-refractivity contribution in [1.82, 2.24) is 52.2 Å². The number of carboxylic acid groups (broad SMARTS) is 1. The van der Waals surface area contributed by atoms with Gasteiger partial charge in [-0.25, -0.2) is 71.3 Å². The van der Waals surface area contributed by atoms with Crippen molar-refractivity contribution in [3.63, 3.8) is 0 Å². The van der Waals surface area contributed by atoms with Crippen LogP contribution in [0.1, 0.15) is 171 Å². The third-order valence-electron chi connectivity index (χ3n) is 20.6. The Morgan fingerprint density at radius 2 is 0.708 bits per heavy atom. The predicted octanol–water partition coefficient (Wildman–Crippen LogP) is 11.0. The van der Waals surface area contributed by atoms with E-state index in [1.165, 1.54) is 20.7 Å². The highest BCUT2D eigenvalue weighted by Gasteiger charge is 2.42. The average Bonchev–Trinajstić information content (AvgIpc) is 1.58. The van der Waals surface area contributed by atoms with Gasteiger partial charge in [-0.05, 0) is 125 Å². The first-order valence-corrected chi connectivity index (χ1v) is 41.0. The van der Waals surface area contributed by atoms with E-state index in [0.29, 0.717) is 87.8 Å². The summed E-state index contributed by atoms with van der Waals surface area (Å²) in [4.78, 5) is 50.3. The molecule has 33 heteroatoms. The van der Waals surface area contributed by atoms with E-state index >= 15 is 0 Å². The number of benzene rings is 3. The zero-order valence-electron chi connectivity index (χ0n) is 62.4. The number of nitrogens with one attached hydrogen (secondary N) is 2. The van der Waals surface area contributed by atoms with Gasteiger partial charge in [-0.3, -0.25) is 9.59 Å². The van der Waals surface area contributed by atoms with Crippen molar-refractivity contribution in [1.29, 1.82) is 0 Å².